The maximum Gasteiger partial charge on any atom is 0.251 e. The van der Waals surface area contributed by atoms with Crippen LogP contribution in [0.2, 0.25) is 0 Å². The molecule has 3 aromatic carbocycles. The predicted octanol–water partition coefficient (Wildman–Crippen LogP) is 3.11. The quantitative estimate of drug-likeness (QED) is 0.485. The molecule has 0 radical (unpaired) electrons. The molecular formula is C24H26N2O5S. The van der Waals surface area contributed by atoms with E-state index in [1.165, 1.54) is 12.1 Å². The van der Waals surface area contributed by atoms with Crippen molar-refractivity contribution < 1.29 is 22.7 Å². The SMILES string of the molecule is O=C(NCCOc1ccc2ccccc2c1)c1cccc(S(=O)(=O)NCC2CCCO2)c1. The number of amides is 1. The van der Waals surface area contributed by atoms with Crippen molar-refractivity contribution in [1.29, 1.82) is 0 Å². The number of benzene rings is 3. The highest BCUT2D eigenvalue weighted by atomic mass is 32.2. The third kappa shape index (κ3) is 5.64. The monoisotopic (exact) mass is 454 g/mol. The minimum absolute atomic E-state index is 0.0514. The van der Waals surface area contributed by atoms with Crippen molar-refractivity contribution in [3.63, 3.8) is 0 Å². The summed E-state index contributed by atoms with van der Waals surface area (Å²) in [6.07, 6.45) is 1.68. The first kappa shape index (κ1) is 22.3. The lowest BCUT2D eigenvalue weighted by molar-refractivity contribution is 0.0946. The Morgan fingerprint density at radius 3 is 2.69 bits per heavy atom. The summed E-state index contributed by atoms with van der Waals surface area (Å²) in [5.74, 6) is 0.367. The molecule has 1 fully saturated rings. The fourth-order valence-corrected chi connectivity index (χ4v) is 4.70. The van der Waals surface area contributed by atoms with E-state index in [2.05, 4.69) is 10.0 Å². The summed E-state index contributed by atoms with van der Waals surface area (Å²) in [5, 5.41) is 4.98. The molecule has 7 nitrogen and oxygen atoms in total. The van der Waals surface area contributed by atoms with Gasteiger partial charge >= 0.3 is 0 Å². The Bertz CT molecular complexity index is 1190. The van der Waals surface area contributed by atoms with Gasteiger partial charge in [0.05, 0.1) is 17.5 Å². The Balaban J connectivity index is 1.29. The van der Waals surface area contributed by atoms with Crippen molar-refractivity contribution in [2.75, 3.05) is 26.3 Å². The molecule has 8 heteroatoms. The van der Waals surface area contributed by atoms with E-state index in [9.17, 15) is 13.2 Å². The molecule has 1 unspecified atom stereocenters. The predicted molar refractivity (Wildman–Crippen MR) is 122 cm³/mol. The number of carbonyl (C=O) groups excluding carboxylic acids is 1. The molecule has 1 amide bonds. The van der Waals surface area contributed by atoms with Gasteiger partial charge in [-0.05, 0) is 53.9 Å². The Hall–Kier alpha value is -2.94. The standard InChI is InChI=1S/C24H26N2O5S/c27-24(25-12-14-31-21-11-10-18-5-1-2-6-19(18)15-21)20-7-3-9-23(16-20)32(28,29)26-17-22-8-4-13-30-22/h1-3,5-7,9-11,15-16,22,26H,4,8,12-14,17H2,(H,25,27). The molecule has 1 aliphatic rings. The summed E-state index contributed by atoms with van der Waals surface area (Å²) < 4.78 is 38.9. The number of hydrogen-bond donors (Lipinski definition) is 2. The fourth-order valence-electron chi connectivity index (χ4n) is 3.59. The van der Waals surface area contributed by atoms with Crippen molar-refractivity contribution in [3.05, 3.63) is 72.3 Å². The van der Waals surface area contributed by atoms with Gasteiger partial charge in [0, 0.05) is 18.7 Å². The molecule has 0 bridgehead atoms. The number of rotatable bonds is 9. The number of sulfonamides is 1. The number of hydrogen-bond acceptors (Lipinski definition) is 5. The highest BCUT2D eigenvalue weighted by molar-refractivity contribution is 7.89. The van der Waals surface area contributed by atoms with E-state index in [1.807, 2.05) is 42.5 Å². The number of fused-ring (bicyclic) bond motifs is 1. The maximum atomic E-state index is 12.6. The van der Waals surface area contributed by atoms with Crippen molar-refractivity contribution in [3.8, 4) is 5.75 Å². The molecule has 1 heterocycles. The summed E-state index contributed by atoms with van der Waals surface area (Å²) in [6.45, 7) is 1.47. The van der Waals surface area contributed by atoms with Crippen LogP contribution in [0.4, 0.5) is 0 Å². The zero-order valence-corrected chi connectivity index (χ0v) is 18.4. The number of carbonyl (C=O) groups is 1. The van der Waals surface area contributed by atoms with Gasteiger partial charge in [-0.2, -0.15) is 0 Å². The lowest BCUT2D eigenvalue weighted by Crippen LogP contribution is -2.32. The van der Waals surface area contributed by atoms with Gasteiger partial charge in [0.25, 0.3) is 5.91 Å². The summed E-state index contributed by atoms with van der Waals surface area (Å²) >= 11 is 0. The Labute approximate surface area is 187 Å². The van der Waals surface area contributed by atoms with Gasteiger partial charge in [0.1, 0.15) is 12.4 Å². The smallest absolute Gasteiger partial charge is 0.251 e. The van der Waals surface area contributed by atoms with Gasteiger partial charge in [-0.15, -0.1) is 0 Å². The van der Waals surface area contributed by atoms with Gasteiger partial charge in [-0.1, -0.05) is 36.4 Å². The average molecular weight is 455 g/mol. The van der Waals surface area contributed by atoms with E-state index < -0.39 is 10.0 Å². The molecule has 0 aromatic heterocycles. The van der Waals surface area contributed by atoms with Crippen LogP contribution in [-0.2, 0) is 14.8 Å². The van der Waals surface area contributed by atoms with Crippen LogP contribution in [0.25, 0.3) is 10.8 Å². The first-order valence-electron chi connectivity index (χ1n) is 10.6. The first-order chi connectivity index (χ1) is 15.5. The van der Waals surface area contributed by atoms with E-state index in [-0.39, 0.29) is 29.0 Å². The van der Waals surface area contributed by atoms with Crippen LogP contribution in [0.15, 0.2) is 71.6 Å². The second-order valence-corrected chi connectivity index (χ2v) is 9.40. The van der Waals surface area contributed by atoms with Crippen LogP contribution in [0.5, 0.6) is 5.75 Å². The lowest BCUT2D eigenvalue weighted by Gasteiger charge is -2.12. The van der Waals surface area contributed by atoms with Crippen molar-refractivity contribution in [2.24, 2.45) is 0 Å². The van der Waals surface area contributed by atoms with Crippen LogP contribution in [0.1, 0.15) is 23.2 Å². The fraction of sp³-hybridized carbons (Fsp3) is 0.292. The van der Waals surface area contributed by atoms with Gasteiger partial charge in [-0.25, -0.2) is 13.1 Å². The van der Waals surface area contributed by atoms with Crippen molar-refractivity contribution in [2.45, 2.75) is 23.8 Å². The van der Waals surface area contributed by atoms with Crippen LogP contribution in [0.3, 0.4) is 0 Å². The van der Waals surface area contributed by atoms with Crippen molar-refractivity contribution in [1.82, 2.24) is 10.0 Å². The van der Waals surface area contributed by atoms with Crippen molar-refractivity contribution >= 4 is 26.7 Å². The molecule has 1 saturated heterocycles. The van der Waals surface area contributed by atoms with E-state index in [0.717, 1.165) is 29.4 Å². The van der Waals surface area contributed by atoms with Gasteiger partial charge in [0.15, 0.2) is 0 Å². The van der Waals surface area contributed by atoms with E-state index in [4.69, 9.17) is 9.47 Å². The Kier molecular flexibility index (Phi) is 7.04. The molecule has 0 spiro atoms. The van der Waals surface area contributed by atoms with Gasteiger partial charge in [-0.3, -0.25) is 4.79 Å². The number of ether oxygens (including phenoxy) is 2. The molecule has 2 N–H and O–H groups in total. The Morgan fingerprint density at radius 1 is 1.03 bits per heavy atom. The second-order valence-electron chi connectivity index (χ2n) is 7.63. The molecule has 0 saturated carbocycles. The largest absolute Gasteiger partial charge is 0.492 e. The minimum Gasteiger partial charge on any atom is -0.492 e. The van der Waals surface area contributed by atoms with Crippen LogP contribution in [0, 0.1) is 0 Å². The lowest BCUT2D eigenvalue weighted by atomic mass is 10.1. The average Bonchev–Trinajstić information content (AvgIpc) is 3.34. The number of nitrogens with one attached hydrogen (secondary N) is 2. The third-order valence-corrected chi connectivity index (χ3v) is 6.73. The molecular weight excluding hydrogens is 428 g/mol. The highest BCUT2D eigenvalue weighted by Crippen LogP contribution is 2.20. The molecule has 3 aromatic rings. The minimum atomic E-state index is -3.72. The van der Waals surface area contributed by atoms with Crippen LogP contribution >= 0.6 is 0 Å². The third-order valence-electron chi connectivity index (χ3n) is 5.31. The van der Waals surface area contributed by atoms with E-state index in [0.29, 0.717) is 19.8 Å². The zero-order valence-electron chi connectivity index (χ0n) is 17.6. The summed E-state index contributed by atoms with van der Waals surface area (Å²) in [4.78, 5) is 12.5. The van der Waals surface area contributed by atoms with E-state index >= 15 is 0 Å². The van der Waals surface area contributed by atoms with Crippen LogP contribution in [-0.4, -0.2) is 46.7 Å². The summed E-state index contributed by atoms with van der Waals surface area (Å²) in [7, 11) is -3.72. The van der Waals surface area contributed by atoms with Crippen LogP contribution < -0.4 is 14.8 Å². The molecule has 32 heavy (non-hydrogen) atoms. The highest BCUT2D eigenvalue weighted by Gasteiger charge is 2.21. The molecule has 4 rings (SSSR count). The zero-order chi connectivity index (χ0) is 22.4. The van der Waals surface area contributed by atoms with E-state index in [1.54, 1.807) is 12.1 Å². The maximum absolute atomic E-state index is 12.6. The molecule has 168 valence electrons. The Morgan fingerprint density at radius 2 is 1.88 bits per heavy atom. The first-order valence-corrected chi connectivity index (χ1v) is 12.1. The topological polar surface area (TPSA) is 93.7 Å². The van der Waals surface area contributed by atoms with Gasteiger partial charge < -0.3 is 14.8 Å². The molecule has 0 aliphatic carbocycles. The molecule has 1 aliphatic heterocycles. The summed E-state index contributed by atoms with van der Waals surface area (Å²) in [5.41, 5.74) is 0.274. The summed E-state index contributed by atoms with van der Waals surface area (Å²) in [6, 6.07) is 19.8. The second kappa shape index (κ2) is 10.1. The normalized spacial score (nSPS) is 16.2. The molecule has 1 atom stereocenters. The van der Waals surface area contributed by atoms with Gasteiger partial charge in [0.2, 0.25) is 10.0 Å².